The highest BCUT2D eigenvalue weighted by Gasteiger charge is 2.26. The number of nitrogens with zero attached hydrogens (tertiary/aromatic N) is 3. The topological polar surface area (TPSA) is 30.7 Å². The Labute approximate surface area is 103 Å². The van der Waals surface area contributed by atoms with Crippen LogP contribution in [0, 0.1) is 0 Å². The van der Waals surface area contributed by atoms with E-state index in [1.54, 1.807) is 12.4 Å². The zero-order chi connectivity index (χ0) is 11.1. The van der Waals surface area contributed by atoms with E-state index in [9.17, 15) is 0 Å². The molecule has 0 saturated heterocycles. The van der Waals surface area contributed by atoms with Gasteiger partial charge in [-0.15, -0.1) is 10.2 Å². The summed E-state index contributed by atoms with van der Waals surface area (Å²) >= 11 is 11.9. The Morgan fingerprint density at radius 3 is 2.69 bits per heavy atom. The van der Waals surface area contributed by atoms with E-state index in [2.05, 4.69) is 14.8 Å². The van der Waals surface area contributed by atoms with Crippen molar-refractivity contribution in [3.05, 3.63) is 34.6 Å². The molecule has 0 aliphatic heterocycles. The second kappa shape index (κ2) is 3.75. The molecule has 1 aliphatic carbocycles. The molecule has 1 aliphatic rings. The average molecular weight is 254 g/mol. The minimum atomic E-state index is 0.546. The second-order valence-electron chi connectivity index (χ2n) is 3.92. The van der Waals surface area contributed by atoms with Crippen LogP contribution in [-0.2, 0) is 0 Å². The molecule has 82 valence electrons. The predicted molar refractivity (Wildman–Crippen MR) is 63.7 cm³/mol. The molecule has 0 unspecified atom stereocenters. The first-order valence-corrected chi connectivity index (χ1v) is 5.86. The molecule has 0 atom stereocenters. The molecule has 1 aromatic heterocycles. The molecule has 5 heteroatoms. The van der Waals surface area contributed by atoms with Gasteiger partial charge in [0.15, 0.2) is 5.82 Å². The van der Waals surface area contributed by atoms with Gasteiger partial charge in [-0.25, -0.2) is 0 Å². The van der Waals surface area contributed by atoms with E-state index in [-0.39, 0.29) is 0 Å². The number of rotatable bonds is 2. The highest BCUT2D eigenvalue weighted by molar-refractivity contribution is 6.42. The van der Waals surface area contributed by atoms with E-state index in [1.165, 1.54) is 12.8 Å². The lowest BCUT2D eigenvalue weighted by Gasteiger charge is -2.05. The van der Waals surface area contributed by atoms with Crippen LogP contribution in [0.4, 0.5) is 0 Å². The van der Waals surface area contributed by atoms with Crippen molar-refractivity contribution in [2.24, 2.45) is 0 Å². The zero-order valence-electron chi connectivity index (χ0n) is 8.40. The van der Waals surface area contributed by atoms with Gasteiger partial charge in [-0.1, -0.05) is 23.2 Å². The van der Waals surface area contributed by atoms with Crippen molar-refractivity contribution in [2.75, 3.05) is 0 Å². The average Bonchev–Trinajstić information content (AvgIpc) is 3.01. The summed E-state index contributed by atoms with van der Waals surface area (Å²) in [6.07, 6.45) is 4.17. The van der Waals surface area contributed by atoms with Gasteiger partial charge >= 0.3 is 0 Å². The van der Waals surface area contributed by atoms with Crippen LogP contribution in [-0.4, -0.2) is 14.8 Å². The Morgan fingerprint density at radius 2 is 2.00 bits per heavy atom. The van der Waals surface area contributed by atoms with Gasteiger partial charge in [0.1, 0.15) is 6.33 Å². The molecule has 3 nitrogen and oxygen atoms in total. The molecule has 0 spiro atoms. The Hall–Kier alpha value is -1.06. The minimum absolute atomic E-state index is 0.546. The van der Waals surface area contributed by atoms with Crippen molar-refractivity contribution in [3.63, 3.8) is 0 Å². The molecular formula is C11H9Cl2N3. The van der Waals surface area contributed by atoms with Crippen LogP contribution in [0.3, 0.4) is 0 Å². The van der Waals surface area contributed by atoms with Crippen molar-refractivity contribution in [3.8, 4) is 11.4 Å². The first-order chi connectivity index (χ1) is 7.75. The highest BCUT2D eigenvalue weighted by Crippen LogP contribution is 2.38. The van der Waals surface area contributed by atoms with E-state index in [0.717, 1.165) is 11.4 Å². The quantitative estimate of drug-likeness (QED) is 0.819. The van der Waals surface area contributed by atoms with Crippen LogP contribution in [0.25, 0.3) is 11.4 Å². The molecule has 16 heavy (non-hydrogen) atoms. The number of hydrogen-bond acceptors (Lipinski definition) is 2. The van der Waals surface area contributed by atoms with E-state index in [4.69, 9.17) is 23.2 Å². The fraction of sp³-hybridized carbons (Fsp3) is 0.273. The van der Waals surface area contributed by atoms with Gasteiger partial charge in [-0.3, -0.25) is 0 Å². The van der Waals surface area contributed by atoms with E-state index >= 15 is 0 Å². The predicted octanol–water partition coefficient (Wildman–Crippen LogP) is 3.59. The maximum absolute atomic E-state index is 5.99. The summed E-state index contributed by atoms with van der Waals surface area (Å²) in [5, 5.41) is 9.18. The standard InChI is InChI=1S/C11H9Cl2N3/c12-9-4-1-7(5-10(9)13)11-15-14-6-16(11)8-2-3-8/h1,4-6,8H,2-3H2. The normalized spacial score (nSPS) is 15.4. The summed E-state index contributed by atoms with van der Waals surface area (Å²) in [6.45, 7) is 0. The molecule has 0 radical (unpaired) electrons. The van der Waals surface area contributed by atoms with Crippen LogP contribution in [0.1, 0.15) is 18.9 Å². The van der Waals surface area contributed by atoms with Crippen LogP contribution in [0.5, 0.6) is 0 Å². The molecule has 0 amide bonds. The summed E-state index contributed by atoms with van der Waals surface area (Å²) in [6, 6.07) is 6.08. The number of aromatic nitrogens is 3. The van der Waals surface area contributed by atoms with Gasteiger partial charge in [0.2, 0.25) is 0 Å². The monoisotopic (exact) mass is 253 g/mol. The van der Waals surface area contributed by atoms with Gasteiger partial charge in [0, 0.05) is 11.6 Å². The summed E-state index contributed by atoms with van der Waals surface area (Å²) in [5.74, 6) is 0.862. The summed E-state index contributed by atoms with van der Waals surface area (Å²) < 4.78 is 2.10. The lowest BCUT2D eigenvalue weighted by Crippen LogP contribution is -1.95. The van der Waals surface area contributed by atoms with Gasteiger partial charge in [-0.2, -0.15) is 0 Å². The smallest absolute Gasteiger partial charge is 0.164 e. The lowest BCUT2D eigenvalue weighted by molar-refractivity contribution is 0.746. The molecule has 0 N–H and O–H groups in total. The number of hydrogen-bond donors (Lipinski definition) is 0. The second-order valence-corrected chi connectivity index (χ2v) is 4.74. The first-order valence-electron chi connectivity index (χ1n) is 5.10. The van der Waals surface area contributed by atoms with E-state index < -0.39 is 0 Å². The number of benzene rings is 1. The van der Waals surface area contributed by atoms with Crippen LogP contribution in [0.15, 0.2) is 24.5 Å². The van der Waals surface area contributed by atoms with Crippen LogP contribution >= 0.6 is 23.2 Å². The number of halogens is 2. The Morgan fingerprint density at radius 1 is 1.19 bits per heavy atom. The molecule has 1 heterocycles. The third-order valence-corrected chi connectivity index (χ3v) is 3.43. The summed E-state index contributed by atoms with van der Waals surface area (Å²) in [5.41, 5.74) is 0.957. The van der Waals surface area contributed by atoms with Crippen LogP contribution < -0.4 is 0 Å². The largest absolute Gasteiger partial charge is 0.310 e. The molecule has 1 fully saturated rings. The highest BCUT2D eigenvalue weighted by atomic mass is 35.5. The van der Waals surface area contributed by atoms with Crippen molar-refractivity contribution in [2.45, 2.75) is 18.9 Å². The first kappa shape index (κ1) is 10.1. The van der Waals surface area contributed by atoms with Crippen molar-refractivity contribution in [1.82, 2.24) is 14.8 Å². The van der Waals surface area contributed by atoms with Gasteiger partial charge in [0.05, 0.1) is 10.0 Å². The SMILES string of the molecule is Clc1ccc(-c2nncn2C2CC2)cc1Cl. The van der Waals surface area contributed by atoms with E-state index in [1.807, 2.05) is 12.1 Å². The molecule has 3 rings (SSSR count). The van der Waals surface area contributed by atoms with Crippen LogP contribution in [0.2, 0.25) is 10.0 Å². The maximum atomic E-state index is 5.99. The van der Waals surface area contributed by atoms with Crippen molar-refractivity contribution >= 4 is 23.2 Å². The van der Waals surface area contributed by atoms with Crippen molar-refractivity contribution in [1.29, 1.82) is 0 Å². The molecular weight excluding hydrogens is 245 g/mol. The minimum Gasteiger partial charge on any atom is -0.310 e. The zero-order valence-corrected chi connectivity index (χ0v) is 9.91. The fourth-order valence-corrected chi connectivity index (χ4v) is 2.00. The Balaban J connectivity index is 2.07. The van der Waals surface area contributed by atoms with Gasteiger partial charge < -0.3 is 4.57 Å². The molecule has 1 saturated carbocycles. The van der Waals surface area contributed by atoms with Gasteiger partial charge in [-0.05, 0) is 31.0 Å². The van der Waals surface area contributed by atoms with E-state index in [0.29, 0.717) is 16.1 Å². The third kappa shape index (κ3) is 1.70. The fourth-order valence-electron chi connectivity index (χ4n) is 1.70. The molecule has 0 bridgehead atoms. The van der Waals surface area contributed by atoms with Crippen molar-refractivity contribution < 1.29 is 0 Å². The Bertz CT molecular complexity index is 532. The maximum Gasteiger partial charge on any atom is 0.164 e. The lowest BCUT2D eigenvalue weighted by atomic mass is 10.2. The Kier molecular flexibility index (Phi) is 2.37. The molecule has 2 aromatic rings. The summed E-state index contributed by atoms with van der Waals surface area (Å²) in [4.78, 5) is 0. The summed E-state index contributed by atoms with van der Waals surface area (Å²) in [7, 11) is 0. The molecule has 1 aromatic carbocycles. The van der Waals surface area contributed by atoms with Gasteiger partial charge in [0.25, 0.3) is 0 Å². The third-order valence-electron chi connectivity index (χ3n) is 2.69.